The van der Waals surface area contributed by atoms with E-state index in [9.17, 15) is 0 Å². The molecule has 0 spiro atoms. The molecule has 1 saturated carbocycles. The van der Waals surface area contributed by atoms with E-state index < -0.39 is 0 Å². The third-order valence-electron chi connectivity index (χ3n) is 5.53. The molecule has 0 bridgehead atoms. The first-order valence-electron chi connectivity index (χ1n) is 9.01. The highest BCUT2D eigenvalue weighted by Crippen LogP contribution is 2.34. The molecule has 1 saturated heterocycles. The molecule has 0 aromatic rings. The first kappa shape index (κ1) is 16.3. The molecule has 2 heteroatoms. The second-order valence-electron chi connectivity index (χ2n) is 8.12. The zero-order chi connectivity index (χ0) is 14.4. The van der Waals surface area contributed by atoms with Gasteiger partial charge in [0.1, 0.15) is 0 Å². The van der Waals surface area contributed by atoms with Gasteiger partial charge in [-0.3, -0.25) is 0 Å². The predicted octanol–water partition coefficient (Wildman–Crippen LogP) is 4.06. The Labute approximate surface area is 126 Å². The smallest absolute Gasteiger partial charge is 0.0107 e. The van der Waals surface area contributed by atoms with Gasteiger partial charge in [0.15, 0.2) is 0 Å². The molecular formula is C18H36N2. The zero-order valence-electron chi connectivity index (χ0n) is 14.1. The molecule has 2 rings (SSSR count). The maximum absolute atomic E-state index is 3.81. The second kappa shape index (κ2) is 7.79. The van der Waals surface area contributed by atoms with Crippen LogP contribution in [0.25, 0.3) is 0 Å². The van der Waals surface area contributed by atoms with Gasteiger partial charge in [0.2, 0.25) is 0 Å². The Morgan fingerprint density at radius 2 is 1.50 bits per heavy atom. The summed E-state index contributed by atoms with van der Waals surface area (Å²) in [4.78, 5) is 2.67. The van der Waals surface area contributed by atoms with Crippen molar-refractivity contribution in [3.8, 4) is 0 Å². The van der Waals surface area contributed by atoms with E-state index in [1.165, 1.54) is 77.5 Å². The van der Waals surface area contributed by atoms with Crippen molar-refractivity contribution >= 4 is 0 Å². The van der Waals surface area contributed by atoms with Crippen LogP contribution in [-0.2, 0) is 0 Å². The van der Waals surface area contributed by atoms with Gasteiger partial charge in [-0.05, 0) is 50.1 Å². The number of piperidine rings is 1. The molecule has 1 heterocycles. The van der Waals surface area contributed by atoms with E-state index in [1.807, 2.05) is 0 Å². The van der Waals surface area contributed by atoms with Crippen LogP contribution < -0.4 is 5.32 Å². The summed E-state index contributed by atoms with van der Waals surface area (Å²) >= 11 is 0. The van der Waals surface area contributed by atoms with Crippen LogP contribution in [0.1, 0.15) is 72.1 Å². The highest BCUT2D eigenvalue weighted by Gasteiger charge is 2.28. The van der Waals surface area contributed by atoms with Crippen molar-refractivity contribution in [3.05, 3.63) is 0 Å². The van der Waals surface area contributed by atoms with Crippen molar-refractivity contribution in [3.63, 3.8) is 0 Å². The van der Waals surface area contributed by atoms with Gasteiger partial charge in [0, 0.05) is 19.1 Å². The normalized spacial score (nSPS) is 24.8. The Morgan fingerprint density at radius 1 is 0.900 bits per heavy atom. The molecule has 1 N–H and O–H groups in total. The highest BCUT2D eigenvalue weighted by molar-refractivity contribution is 4.81. The van der Waals surface area contributed by atoms with Gasteiger partial charge in [-0.2, -0.15) is 0 Å². The summed E-state index contributed by atoms with van der Waals surface area (Å²) in [6.07, 6.45) is 11.4. The Balaban J connectivity index is 1.59. The molecule has 1 aliphatic carbocycles. The van der Waals surface area contributed by atoms with Crippen molar-refractivity contribution in [2.24, 2.45) is 11.3 Å². The summed E-state index contributed by atoms with van der Waals surface area (Å²) in [7, 11) is 0. The van der Waals surface area contributed by atoms with E-state index in [1.54, 1.807) is 0 Å². The average molecular weight is 280 g/mol. The highest BCUT2D eigenvalue weighted by atomic mass is 15.1. The van der Waals surface area contributed by atoms with Crippen molar-refractivity contribution in [2.45, 2.75) is 78.2 Å². The van der Waals surface area contributed by atoms with E-state index in [0.717, 1.165) is 12.0 Å². The maximum Gasteiger partial charge on any atom is 0.0107 e. The summed E-state index contributed by atoms with van der Waals surface area (Å²) in [6, 6.07) is 0.810. The number of hydrogen-bond donors (Lipinski definition) is 1. The molecule has 20 heavy (non-hydrogen) atoms. The van der Waals surface area contributed by atoms with Gasteiger partial charge in [0.05, 0.1) is 0 Å². The molecule has 0 unspecified atom stereocenters. The Bertz CT molecular complexity index is 253. The lowest BCUT2D eigenvalue weighted by atomic mass is 9.75. The van der Waals surface area contributed by atoms with Gasteiger partial charge < -0.3 is 10.2 Å². The fraction of sp³-hybridized carbons (Fsp3) is 1.00. The van der Waals surface area contributed by atoms with Crippen LogP contribution in [0.4, 0.5) is 0 Å². The van der Waals surface area contributed by atoms with Gasteiger partial charge in [-0.15, -0.1) is 0 Å². The van der Waals surface area contributed by atoms with Crippen LogP contribution in [0.2, 0.25) is 0 Å². The Hall–Kier alpha value is -0.0800. The number of nitrogens with zero attached hydrogens (tertiary/aromatic N) is 1. The van der Waals surface area contributed by atoms with E-state index in [2.05, 4.69) is 31.0 Å². The molecule has 0 aromatic heterocycles. The second-order valence-corrected chi connectivity index (χ2v) is 8.12. The van der Waals surface area contributed by atoms with Crippen molar-refractivity contribution < 1.29 is 0 Å². The molecule has 0 atom stereocenters. The summed E-state index contributed by atoms with van der Waals surface area (Å²) in [5, 5.41) is 3.81. The fourth-order valence-electron chi connectivity index (χ4n) is 3.93. The maximum atomic E-state index is 3.81. The quantitative estimate of drug-likeness (QED) is 0.781. The van der Waals surface area contributed by atoms with E-state index >= 15 is 0 Å². The summed E-state index contributed by atoms with van der Waals surface area (Å²) in [5.74, 6) is 0.925. The largest absolute Gasteiger partial charge is 0.313 e. The molecule has 0 radical (unpaired) electrons. The molecule has 1 aliphatic heterocycles. The minimum Gasteiger partial charge on any atom is -0.313 e. The molecule has 2 nitrogen and oxygen atoms in total. The topological polar surface area (TPSA) is 15.3 Å². The fourth-order valence-corrected chi connectivity index (χ4v) is 3.93. The van der Waals surface area contributed by atoms with Crippen molar-refractivity contribution in [1.29, 1.82) is 0 Å². The molecule has 2 aliphatic rings. The number of hydrogen-bond acceptors (Lipinski definition) is 2. The van der Waals surface area contributed by atoms with Crippen LogP contribution in [-0.4, -0.2) is 37.1 Å². The van der Waals surface area contributed by atoms with Crippen LogP contribution >= 0.6 is 0 Å². The van der Waals surface area contributed by atoms with E-state index in [4.69, 9.17) is 0 Å². The summed E-state index contributed by atoms with van der Waals surface area (Å²) < 4.78 is 0. The first-order valence-corrected chi connectivity index (χ1v) is 9.01. The molecular weight excluding hydrogens is 244 g/mol. The van der Waals surface area contributed by atoms with E-state index in [0.29, 0.717) is 5.41 Å². The van der Waals surface area contributed by atoms with Gasteiger partial charge in [-0.1, -0.05) is 46.5 Å². The van der Waals surface area contributed by atoms with Gasteiger partial charge in [0.25, 0.3) is 0 Å². The molecule has 118 valence electrons. The standard InChI is InChI=1S/C18H36N2/c1-18(2,3)16-10-13-20(14-11-16)15-12-19-17-8-6-4-5-7-9-17/h16-17,19H,4-15H2,1-3H3. The zero-order valence-corrected chi connectivity index (χ0v) is 14.1. The van der Waals surface area contributed by atoms with E-state index in [-0.39, 0.29) is 0 Å². The van der Waals surface area contributed by atoms with Crippen LogP contribution in [0, 0.1) is 11.3 Å². The minimum absolute atomic E-state index is 0.505. The SMILES string of the molecule is CC(C)(C)C1CCN(CCNC2CCCCCC2)CC1. The Morgan fingerprint density at radius 3 is 2.05 bits per heavy atom. The number of rotatable bonds is 4. The molecule has 2 fully saturated rings. The monoisotopic (exact) mass is 280 g/mol. The number of likely N-dealkylation sites (tertiary alicyclic amines) is 1. The lowest BCUT2D eigenvalue weighted by Gasteiger charge is -2.39. The summed E-state index contributed by atoms with van der Waals surface area (Å²) in [5.41, 5.74) is 0.505. The average Bonchev–Trinajstić information content (AvgIpc) is 2.67. The van der Waals surface area contributed by atoms with Gasteiger partial charge in [-0.25, -0.2) is 0 Å². The number of nitrogens with one attached hydrogen (secondary N) is 1. The van der Waals surface area contributed by atoms with Crippen LogP contribution in [0.5, 0.6) is 0 Å². The van der Waals surface area contributed by atoms with Crippen LogP contribution in [0.15, 0.2) is 0 Å². The summed E-state index contributed by atoms with van der Waals surface area (Å²) in [6.45, 7) is 12.3. The lowest BCUT2D eigenvalue weighted by Crippen LogP contribution is -2.42. The van der Waals surface area contributed by atoms with Crippen molar-refractivity contribution in [2.75, 3.05) is 26.2 Å². The van der Waals surface area contributed by atoms with Crippen LogP contribution in [0.3, 0.4) is 0 Å². The molecule has 0 amide bonds. The first-order chi connectivity index (χ1) is 9.55. The predicted molar refractivity (Wildman–Crippen MR) is 88.1 cm³/mol. The minimum atomic E-state index is 0.505. The Kier molecular flexibility index (Phi) is 6.35. The van der Waals surface area contributed by atoms with Crippen molar-refractivity contribution in [1.82, 2.24) is 10.2 Å². The van der Waals surface area contributed by atoms with Gasteiger partial charge >= 0.3 is 0 Å². The lowest BCUT2D eigenvalue weighted by molar-refractivity contribution is 0.112. The molecule has 0 aromatic carbocycles. The third kappa shape index (κ3) is 5.37. The third-order valence-corrected chi connectivity index (χ3v) is 5.53.